The van der Waals surface area contributed by atoms with Gasteiger partial charge in [-0.25, -0.2) is 4.85 Å². The molecule has 0 saturated heterocycles. The summed E-state index contributed by atoms with van der Waals surface area (Å²) in [5.41, 5.74) is 1.84. The summed E-state index contributed by atoms with van der Waals surface area (Å²) in [4.78, 5) is 4.57. The minimum absolute atomic E-state index is 0.685. The van der Waals surface area contributed by atoms with Crippen LogP contribution in [0.2, 0.25) is 0 Å². The highest BCUT2D eigenvalue weighted by atomic mass is 79.9. The molecule has 0 aliphatic carbocycles. The molecule has 2 rings (SSSR count). The monoisotopic (exact) mass is 263 g/mol. The molecular weight excluding hydrogens is 258 g/mol. The van der Waals surface area contributed by atoms with Gasteiger partial charge in [0, 0.05) is 4.88 Å². The van der Waals surface area contributed by atoms with E-state index in [4.69, 9.17) is 6.57 Å². The molecule has 0 radical (unpaired) electrons. The Morgan fingerprint density at radius 1 is 1.07 bits per heavy atom. The number of rotatable bonds is 1. The Morgan fingerprint density at radius 3 is 2.29 bits per heavy atom. The lowest BCUT2D eigenvalue weighted by atomic mass is 10.2. The Labute approximate surface area is 95.0 Å². The van der Waals surface area contributed by atoms with Crippen molar-refractivity contribution in [1.29, 1.82) is 0 Å². The van der Waals surface area contributed by atoms with E-state index in [-0.39, 0.29) is 0 Å². The van der Waals surface area contributed by atoms with Gasteiger partial charge in [-0.15, -0.1) is 11.3 Å². The largest absolute Gasteiger partial charge is 0.238 e. The van der Waals surface area contributed by atoms with Crippen LogP contribution >= 0.6 is 27.3 Å². The van der Waals surface area contributed by atoms with Crippen molar-refractivity contribution in [3.05, 3.63) is 51.6 Å². The molecule has 1 nitrogen and oxygen atoms in total. The van der Waals surface area contributed by atoms with E-state index < -0.39 is 0 Å². The summed E-state index contributed by atoms with van der Waals surface area (Å²) in [7, 11) is 0. The molecule has 3 heteroatoms. The van der Waals surface area contributed by atoms with E-state index in [0.717, 1.165) is 9.35 Å². The van der Waals surface area contributed by atoms with Crippen molar-refractivity contribution in [3.8, 4) is 10.4 Å². The van der Waals surface area contributed by atoms with Gasteiger partial charge in [0.1, 0.15) is 0 Å². The fourth-order valence-electron chi connectivity index (χ4n) is 1.17. The predicted octanol–water partition coefficient (Wildman–Crippen LogP) is 4.73. The third kappa shape index (κ3) is 1.87. The highest BCUT2D eigenvalue weighted by Crippen LogP contribution is 2.31. The van der Waals surface area contributed by atoms with Crippen LogP contribution in [0.15, 0.2) is 40.2 Å². The highest BCUT2D eigenvalue weighted by Gasteiger charge is 2.00. The Hall–Kier alpha value is -1.11. The molecule has 2 aromatic rings. The molecule has 1 aromatic carbocycles. The molecule has 0 N–H and O–H groups in total. The van der Waals surface area contributed by atoms with E-state index in [9.17, 15) is 0 Å². The zero-order valence-electron chi connectivity index (χ0n) is 7.20. The lowest BCUT2D eigenvalue weighted by Crippen LogP contribution is -1.68. The number of hydrogen-bond donors (Lipinski definition) is 0. The molecule has 0 bridgehead atoms. The van der Waals surface area contributed by atoms with E-state index in [1.165, 1.54) is 4.88 Å². The maximum Gasteiger partial charge on any atom is 0.187 e. The minimum atomic E-state index is 0.685. The van der Waals surface area contributed by atoms with Crippen molar-refractivity contribution < 1.29 is 0 Å². The van der Waals surface area contributed by atoms with Gasteiger partial charge in [-0.05, 0) is 33.6 Å². The van der Waals surface area contributed by atoms with Crippen molar-refractivity contribution in [2.45, 2.75) is 0 Å². The van der Waals surface area contributed by atoms with Gasteiger partial charge in [0.25, 0.3) is 0 Å². The van der Waals surface area contributed by atoms with Gasteiger partial charge >= 0.3 is 0 Å². The maximum absolute atomic E-state index is 6.84. The smallest absolute Gasteiger partial charge is 0.187 e. The molecule has 0 aliphatic heterocycles. The lowest BCUT2D eigenvalue weighted by Gasteiger charge is -1.96. The topological polar surface area (TPSA) is 4.36 Å². The molecule has 0 amide bonds. The number of benzene rings is 1. The summed E-state index contributed by atoms with van der Waals surface area (Å²) in [6.45, 7) is 6.84. The molecule has 14 heavy (non-hydrogen) atoms. The standard InChI is InChI=1S/C11H6BrNS/c1-13-9-4-2-8(3-5-9)10-6-7-11(12)14-10/h2-7H. The van der Waals surface area contributed by atoms with Gasteiger partial charge in [0.05, 0.1) is 10.4 Å². The molecule has 0 fully saturated rings. The SMILES string of the molecule is [C-]#[N+]c1ccc(-c2ccc(Br)s2)cc1. The van der Waals surface area contributed by atoms with Crippen molar-refractivity contribution in [2.24, 2.45) is 0 Å². The van der Waals surface area contributed by atoms with Gasteiger partial charge < -0.3 is 0 Å². The summed E-state index contributed by atoms with van der Waals surface area (Å²) >= 11 is 5.12. The second-order valence-electron chi connectivity index (χ2n) is 2.76. The number of hydrogen-bond acceptors (Lipinski definition) is 1. The van der Waals surface area contributed by atoms with Crippen LogP contribution in [0.4, 0.5) is 5.69 Å². The zero-order chi connectivity index (χ0) is 9.97. The average Bonchev–Trinajstić information content (AvgIpc) is 2.65. The van der Waals surface area contributed by atoms with Crippen molar-refractivity contribution in [2.75, 3.05) is 0 Å². The van der Waals surface area contributed by atoms with Crippen LogP contribution in [0, 0.1) is 6.57 Å². The Balaban J connectivity index is 2.39. The van der Waals surface area contributed by atoms with Crippen LogP contribution in [-0.4, -0.2) is 0 Å². The first-order valence-corrected chi connectivity index (χ1v) is 5.64. The molecule has 1 aromatic heterocycles. The van der Waals surface area contributed by atoms with Crippen LogP contribution in [0.1, 0.15) is 0 Å². The third-order valence-electron chi connectivity index (χ3n) is 1.85. The first-order chi connectivity index (χ1) is 6.79. The quantitative estimate of drug-likeness (QED) is 0.656. The van der Waals surface area contributed by atoms with Crippen molar-refractivity contribution >= 4 is 33.0 Å². The summed E-state index contributed by atoms with van der Waals surface area (Å²) in [5.74, 6) is 0. The highest BCUT2D eigenvalue weighted by molar-refractivity contribution is 9.11. The van der Waals surface area contributed by atoms with Gasteiger partial charge in [0.2, 0.25) is 0 Å². The second kappa shape index (κ2) is 3.95. The van der Waals surface area contributed by atoms with Crippen molar-refractivity contribution in [3.63, 3.8) is 0 Å². The second-order valence-corrected chi connectivity index (χ2v) is 5.23. The van der Waals surface area contributed by atoms with Gasteiger partial charge in [-0.3, -0.25) is 0 Å². The summed E-state index contributed by atoms with van der Waals surface area (Å²) < 4.78 is 1.13. The lowest BCUT2D eigenvalue weighted by molar-refractivity contribution is 1.70. The summed E-state index contributed by atoms with van der Waals surface area (Å²) in [6, 6.07) is 11.7. The number of thiophene rings is 1. The van der Waals surface area contributed by atoms with Crippen LogP contribution in [0.3, 0.4) is 0 Å². The average molecular weight is 264 g/mol. The van der Waals surface area contributed by atoms with Crippen LogP contribution in [0.5, 0.6) is 0 Å². The van der Waals surface area contributed by atoms with E-state index in [1.54, 1.807) is 11.3 Å². The normalized spacial score (nSPS) is 9.71. The molecule has 0 saturated carbocycles. The Kier molecular flexibility index (Phi) is 2.67. The first kappa shape index (κ1) is 9.45. The molecule has 1 heterocycles. The van der Waals surface area contributed by atoms with Crippen LogP contribution in [0.25, 0.3) is 15.3 Å². The molecule has 68 valence electrons. The summed E-state index contributed by atoms with van der Waals surface area (Å²) in [5, 5.41) is 0. The van der Waals surface area contributed by atoms with Gasteiger partial charge in [0.15, 0.2) is 5.69 Å². The number of nitrogens with zero attached hydrogens (tertiary/aromatic N) is 1. The first-order valence-electron chi connectivity index (χ1n) is 4.03. The van der Waals surface area contributed by atoms with Crippen LogP contribution < -0.4 is 0 Å². The zero-order valence-corrected chi connectivity index (χ0v) is 9.60. The Bertz CT molecular complexity index is 479. The fourth-order valence-corrected chi connectivity index (χ4v) is 2.56. The van der Waals surface area contributed by atoms with Gasteiger partial charge in [-0.2, -0.15) is 0 Å². The molecule has 0 atom stereocenters. The van der Waals surface area contributed by atoms with Crippen molar-refractivity contribution in [1.82, 2.24) is 0 Å². The minimum Gasteiger partial charge on any atom is -0.238 e. The molecule has 0 aliphatic rings. The third-order valence-corrected chi connectivity index (χ3v) is 3.53. The molecular formula is C11H6BrNS. The summed E-state index contributed by atoms with van der Waals surface area (Å²) in [6.07, 6.45) is 0. The van der Waals surface area contributed by atoms with Crippen LogP contribution in [-0.2, 0) is 0 Å². The molecule has 0 spiro atoms. The maximum atomic E-state index is 6.84. The Morgan fingerprint density at radius 2 is 1.79 bits per heavy atom. The number of halogens is 1. The van der Waals surface area contributed by atoms with E-state index >= 15 is 0 Å². The van der Waals surface area contributed by atoms with E-state index in [0.29, 0.717) is 5.69 Å². The van der Waals surface area contributed by atoms with Gasteiger partial charge in [-0.1, -0.05) is 24.3 Å². The predicted molar refractivity (Wildman–Crippen MR) is 63.7 cm³/mol. The van der Waals surface area contributed by atoms with E-state index in [1.807, 2.05) is 30.3 Å². The molecule has 0 unspecified atom stereocenters. The fraction of sp³-hybridized carbons (Fsp3) is 0. The van der Waals surface area contributed by atoms with E-state index in [2.05, 4.69) is 26.8 Å².